The van der Waals surface area contributed by atoms with E-state index in [1.165, 1.54) is 6.92 Å². The average Bonchev–Trinajstić information content (AvgIpc) is 1.81. The molecule has 0 rings (SSSR count). The summed E-state index contributed by atoms with van der Waals surface area (Å²) >= 11 is 0. The van der Waals surface area contributed by atoms with Gasteiger partial charge >= 0.3 is 5.97 Å². The Balaban J connectivity index is 4.05. The van der Waals surface area contributed by atoms with Gasteiger partial charge in [0.1, 0.15) is 11.4 Å². The van der Waals surface area contributed by atoms with Crippen LogP contribution in [0, 0.1) is 5.92 Å². The van der Waals surface area contributed by atoms with E-state index in [-0.39, 0.29) is 24.1 Å². The van der Waals surface area contributed by atoms with Crippen molar-refractivity contribution >= 4 is 11.8 Å². The van der Waals surface area contributed by atoms with Crippen LogP contribution in [-0.2, 0) is 14.3 Å². The predicted octanol–water partition coefficient (Wildman–Crippen LogP) is 1.94. The van der Waals surface area contributed by atoms with Crippen LogP contribution in [0.2, 0.25) is 0 Å². The Bertz CT molecular complexity index is 201. The number of hydrogen-bond donors (Lipinski definition) is 0. The Morgan fingerprint density at radius 2 is 1.77 bits per heavy atom. The number of carbonyl (C=O) groups is 2. The molecule has 0 aromatic heterocycles. The standard InChI is InChI=1S/C10H18O3/c1-7(6-8(2)11)9(12)13-10(3,4)5/h7H,6H2,1-5H3/t7-/m0/s1. The van der Waals surface area contributed by atoms with E-state index < -0.39 is 5.60 Å². The van der Waals surface area contributed by atoms with Gasteiger partial charge in [-0.2, -0.15) is 0 Å². The Kier molecular flexibility index (Phi) is 4.11. The molecule has 0 saturated heterocycles. The number of Topliss-reactive ketones (excluding diaryl/α,β-unsaturated/α-hetero) is 1. The maximum Gasteiger partial charge on any atom is 0.309 e. The maximum absolute atomic E-state index is 11.3. The van der Waals surface area contributed by atoms with Crippen molar-refractivity contribution in [3.05, 3.63) is 0 Å². The fourth-order valence-corrected chi connectivity index (χ4v) is 0.917. The molecule has 0 aromatic rings. The van der Waals surface area contributed by atoms with E-state index in [0.717, 1.165) is 0 Å². The molecule has 0 unspecified atom stereocenters. The Morgan fingerprint density at radius 1 is 1.31 bits per heavy atom. The quantitative estimate of drug-likeness (QED) is 0.633. The predicted molar refractivity (Wildman–Crippen MR) is 50.3 cm³/mol. The van der Waals surface area contributed by atoms with Crippen molar-refractivity contribution in [1.29, 1.82) is 0 Å². The lowest BCUT2D eigenvalue weighted by Gasteiger charge is -2.21. The van der Waals surface area contributed by atoms with Gasteiger partial charge in [-0.15, -0.1) is 0 Å². The molecule has 0 bridgehead atoms. The zero-order chi connectivity index (χ0) is 10.6. The largest absolute Gasteiger partial charge is 0.460 e. The lowest BCUT2D eigenvalue weighted by atomic mass is 10.1. The lowest BCUT2D eigenvalue weighted by Crippen LogP contribution is -2.28. The topological polar surface area (TPSA) is 43.4 Å². The minimum Gasteiger partial charge on any atom is -0.460 e. The summed E-state index contributed by atoms with van der Waals surface area (Å²) in [6.07, 6.45) is 0.259. The molecule has 0 aliphatic heterocycles. The first kappa shape index (κ1) is 12.1. The van der Waals surface area contributed by atoms with Gasteiger partial charge in [0.15, 0.2) is 0 Å². The molecule has 0 N–H and O–H groups in total. The van der Waals surface area contributed by atoms with Crippen LogP contribution in [0.5, 0.6) is 0 Å². The molecule has 1 atom stereocenters. The third-order valence-electron chi connectivity index (χ3n) is 1.40. The van der Waals surface area contributed by atoms with Crippen LogP contribution < -0.4 is 0 Å². The molecule has 3 nitrogen and oxygen atoms in total. The van der Waals surface area contributed by atoms with E-state index in [9.17, 15) is 9.59 Å². The SMILES string of the molecule is CC(=O)C[C@H](C)C(=O)OC(C)(C)C. The molecular formula is C10H18O3. The van der Waals surface area contributed by atoms with Crippen molar-refractivity contribution in [3.63, 3.8) is 0 Å². The zero-order valence-electron chi connectivity index (χ0n) is 9.01. The van der Waals surface area contributed by atoms with Gasteiger partial charge < -0.3 is 9.53 Å². The van der Waals surface area contributed by atoms with Gasteiger partial charge in [0.25, 0.3) is 0 Å². The van der Waals surface area contributed by atoms with Crippen molar-refractivity contribution in [1.82, 2.24) is 0 Å². The van der Waals surface area contributed by atoms with Gasteiger partial charge in [0.2, 0.25) is 0 Å². The number of esters is 1. The fraction of sp³-hybridized carbons (Fsp3) is 0.800. The van der Waals surface area contributed by atoms with Gasteiger partial charge in [-0.05, 0) is 27.7 Å². The Hall–Kier alpha value is -0.860. The highest BCUT2D eigenvalue weighted by Gasteiger charge is 2.22. The minimum absolute atomic E-state index is 0.0124. The summed E-state index contributed by atoms with van der Waals surface area (Å²) < 4.78 is 5.11. The fourth-order valence-electron chi connectivity index (χ4n) is 0.917. The third kappa shape index (κ3) is 6.31. The van der Waals surface area contributed by atoms with Crippen LogP contribution in [-0.4, -0.2) is 17.4 Å². The summed E-state index contributed by atoms with van der Waals surface area (Å²) in [6, 6.07) is 0. The number of rotatable bonds is 3. The number of ketones is 1. The van der Waals surface area contributed by atoms with E-state index in [1.54, 1.807) is 6.92 Å². The minimum atomic E-state index is -0.470. The van der Waals surface area contributed by atoms with Crippen LogP contribution >= 0.6 is 0 Å². The van der Waals surface area contributed by atoms with Crippen LogP contribution in [0.1, 0.15) is 41.0 Å². The lowest BCUT2D eigenvalue weighted by molar-refractivity contribution is -0.160. The highest BCUT2D eigenvalue weighted by Crippen LogP contribution is 2.13. The van der Waals surface area contributed by atoms with E-state index in [2.05, 4.69) is 0 Å². The summed E-state index contributed by atoms with van der Waals surface area (Å²) in [5.41, 5.74) is -0.470. The van der Waals surface area contributed by atoms with Crippen LogP contribution in [0.4, 0.5) is 0 Å². The van der Waals surface area contributed by atoms with Gasteiger partial charge in [-0.3, -0.25) is 4.79 Å². The monoisotopic (exact) mass is 186 g/mol. The van der Waals surface area contributed by atoms with E-state index in [0.29, 0.717) is 0 Å². The molecule has 0 aliphatic carbocycles. The van der Waals surface area contributed by atoms with Crippen LogP contribution in [0.15, 0.2) is 0 Å². The van der Waals surface area contributed by atoms with Crippen LogP contribution in [0.3, 0.4) is 0 Å². The van der Waals surface area contributed by atoms with Gasteiger partial charge in [0, 0.05) is 6.42 Å². The molecule has 76 valence electrons. The van der Waals surface area contributed by atoms with Crippen molar-refractivity contribution in [3.8, 4) is 0 Å². The second kappa shape index (κ2) is 4.40. The first-order valence-electron chi connectivity index (χ1n) is 4.44. The Labute approximate surface area is 79.5 Å². The second-order valence-corrected chi connectivity index (χ2v) is 4.34. The van der Waals surface area contributed by atoms with Gasteiger partial charge in [-0.1, -0.05) is 6.92 Å². The zero-order valence-corrected chi connectivity index (χ0v) is 9.01. The normalized spacial score (nSPS) is 13.6. The second-order valence-electron chi connectivity index (χ2n) is 4.34. The smallest absolute Gasteiger partial charge is 0.309 e. The molecular weight excluding hydrogens is 168 g/mol. The van der Waals surface area contributed by atoms with Gasteiger partial charge in [-0.25, -0.2) is 0 Å². The molecule has 0 amide bonds. The summed E-state index contributed by atoms with van der Waals surface area (Å²) in [4.78, 5) is 22.0. The van der Waals surface area contributed by atoms with Crippen molar-refractivity contribution in [2.75, 3.05) is 0 Å². The average molecular weight is 186 g/mol. The van der Waals surface area contributed by atoms with Crippen molar-refractivity contribution in [2.45, 2.75) is 46.6 Å². The molecule has 0 fully saturated rings. The molecule has 3 heteroatoms. The van der Waals surface area contributed by atoms with Gasteiger partial charge in [0.05, 0.1) is 5.92 Å². The third-order valence-corrected chi connectivity index (χ3v) is 1.40. The molecule has 0 heterocycles. The number of carbonyl (C=O) groups excluding carboxylic acids is 2. The first-order valence-corrected chi connectivity index (χ1v) is 4.44. The van der Waals surface area contributed by atoms with E-state index in [1.807, 2.05) is 20.8 Å². The number of hydrogen-bond acceptors (Lipinski definition) is 3. The van der Waals surface area contributed by atoms with Crippen molar-refractivity contribution in [2.24, 2.45) is 5.92 Å². The van der Waals surface area contributed by atoms with Crippen molar-refractivity contribution < 1.29 is 14.3 Å². The van der Waals surface area contributed by atoms with E-state index in [4.69, 9.17) is 4.74 Å². The first-order chi connectivity index (χ1) is 5.72. The maximum atomic E-state index is 11.3. The molecule has 0 aromatic carbocycles. The Morgan fingerprint density at radius 3 is 2.08 bits per heavy atom. The van der Waals surface area contributed by atoms with Crippen LogP contribution in [0.25, 0.3) is 0 Å². The summed E-state index contributed by atoms with van der Waals surface area (Å²) in [7, 11) is 0. The summed E-state index contributed by atoms with van der Waals surface area (Å²) in [6.45, 7) is 8.61. The highest BCUT2D eigenvalue weighted by atomic mass is 16.6. The summed E-state index contributed by atoms with van der Waals surface area (Å²) in [5.74, 6) is -0.627. The molecule has 13 heavy (non-hydrogen) atoms. The summed E-state index contributed by atoms with van der Waals surface area (Å²) in [5, 5.41) is 0. The molecule has 0 saturated carbocycles. The molecule has 0 radical (unpaired) electrons. The van der Waals surface area contributed by atoms with E-state index >= 15 is 0 Å². The molecule has 0 aliphatic rings. The molecule has 0 spiro atoms. The highest BCUT2D eigenvalue weighted by molar-refractivity contribution is 5.82. The number of ether oxygens (including phenoxy) is 1.